The van der Waals surface area contributed by atoms with E-state index in [0.29, 0.717) is 70.4 Å². The second kappa shape index (κ2) is 10.1. The summed E-state index contributed by atoms with van der Waals surface area (Å²) in [5, 5.41) is 0. The SMILES string of the molecule is NO[S-](=O)=Nc1cc(C(F)(F)F)c(-c2cc(N3CCOCC3)nc(N3CCOCC3)n2)cn1. The number of alkyl halides is 3. The molecule has 0 unspecified atom stereocenters. The van der Waals surface area contributed by atoms with Gasteiger partial charge in [0.05, 0.1) is 37.7 Å². The van der Waals surface area contributed by atoms with Crippen LogP contribution in [0.2, 0.25) is 0 Å². The van der Waals surface area contributed by atoms with Crippen molar-refractivity contribution in [2.24, 2.45) is 10.3 Å². The van der Waals surface area contributed by atoms with Crippen molar-refractivity contribution in [3.8, 4) is 11.3 Å². The van der Waals surface area contributed by atoms with Gasteiger partial charge in [-0.15, -0.1) is 0 Å². The number of hydrogen-bond acceptors (Lipinski definition) is 12. The van der Waals surface area contributed by atoms with Crippen molar-refractivity contribution in [2.75, 3.05) is 62.4 Å². The molecule has 2 aliphatic rings. The molecule has 180 valence electrons. The second-order valence-electron chi connectivity index (χ2n) is 7.10. The maximum Gasteiger partial charge on any atom is 0.417 e. The van der Waals surface area contributed by atoms with Crippen LogP contribution in [-0.4, -0.2) is 67.6 Å². The van der Waals surface area contributed by atoms with Gasteiger partial charge in [0.2, 0.25) is 5.95 Å². The number of hydrogen-bond donors (Lipinski definition) is 1. The predicted molar refractivity (Wildman–Crippen MR) is 112 cm³/mol. The third-order valence-electron chi connectivity index (χ3n) is 5.05. The van der Waals surface area contributed by atoms with Crippen molar-refractivity contribution in [3.05, 3.63) is 23.9 Å². The van der Waals surface area contributed by atoms with Crippen LogP contribution in [-0.2, 0) is 35.0 Å². The lowest BCUT2D eigenvalue weighted by molar-refractivity contribution is -0.137. The number of rotatable bonds is 5. The number of halogens is 3. The Bertz CT molecular complexity index is 1030. The molecule has 11 nitrogen and oxygen atoms in total. The molecule has 0 aliphatic carbocycles. The summed E-state index contributed by atoms with van der Waals surface area (Å²) in [5.74, 6) is 5.11. The maximum absolute atomic E-state index is 13.9. The molecule has 2 N–H and O–H groups in total. The van der Waals surface area contributed by atoms with Gasteiger partial charge >= 0.3 is 6.18 Å². The monoisotopic (exact) mass is 488 g/mol. The number of morpholine rings is 2. The Labute approximate surface area is 189 Å². The Morgan fingerprint density at radius 3 is 2.27 bits per heavy atom. The van der Waals surface area contributed by atoms with Crippen molar-refractivity contribution in [2.45, 2.75) is 6.18 Å². The lowest BCUT2D eigenvalue weighted by atomic mass is 10.1. The Balaban J connectivity index is 1.83. The van der Waals surface area contributed by atoms with Crippen LogP contribution in [0.1, 0.15) is 5.56 Å². The Morgan fingerprint density at radius 2 is 1.67 bits per heavy atom. The van der Waals surface area contributed by atoms with E-state index < -0.39 is 28.4 Å². The molecule has 4 heterocycles. The molecule has 2 fully saturated rings. The van der Waals surface area contributed by atoms with Crippen LogP contribution in [0.3, 0.4) is 0 Å². The third kappa shape index (κ3) is 5.67. The molecule has 0 radical (unpaired) electrons. The van der Waals surface area contributed by atoms with Crippen LogP contribution in [0.25, 0.3) is 11.3 Å². The number of nitrogens with zero attached hydrogens (tertiary/aromatic N) is 6. The summed E-state index contributed by atoms with van der Waals surface area (Å²) in [7, 11) is -2.37. The standard InChI is InChI=1S/C18H21F3N7O4S/c19-18(20,21)13-9-15(26-33(29)32-22)23-11-12(13)14-10-16(27-1-5-30-6-2-27)25-17(24-14)28-3-7-31-8-4-28/h9-11H,1-8,22H2/q-1. The predicted octanol–water partition coefficient (Wildman–Crippen LogP) is 1.81. The first-order valence-corrected chi connectivity index (χ1v) is 11.0. The molecule has 0 bridgehead atoms. The average Bonchev–Trinajstić information content (AvgIpc) is 2.84. The summed E-state index contributed by atoms with van der Waals surface area (Å²) in [4.78, 5) is 16.7. The molecular weight excluding hydrogens is 467 g/mol. The quantitative estimate of drug-likeness (QED) is 0.492. The van der Waals surface area contributed by atoms with Gasteiger partial charge in [0.15, 0.2) is 0 Å². The van der Waals surface area contributed by atoms with Gasteiger partial charge < -0.3 is 32.1 Å². The van der Waals surface area contributed by atoms with Gasteiger partial charge in [-0.25, -0.2) is 15.9 Å². The van der Waals surface area contributed by atoms with Gasteiger partial charge in [0, 0.05) is 44.0 Å². The molecular formula is C18H21F3N7O4S-. The van der Waals surface area contributed by atoms with Crippen molar-refractivity contribution in [1.82, 2.24) is 15.0 Å². The fourth-order valence-electron chi connectivity index (χ4n) is 3.45. The fourth-order valence-corrected chi connectivity index (χ4v) is 3.75. The maximum atomic E-state index is 13.9. The lowest BCUT2D eigenvalue weighted by Gasteiger charge is -2.31. The first-order valence-electron chi connectivity index (χ1n) is 9.98. The van der Waals surface area contributed by atoms with Gasteiger partial charge in [-0.2, -0.15) is 18.2 Å². The lowest BCUT2D eigenvalue weighted by Crippen LogP contribution is -2.39. The van der Waals surface area contributed by atoms with Crippen molar-refractivity contribution in [1.29, 1.82) is 0 Å². The summed E-state index contributed by atoms with van der Waals surface area (Å²) in [6, 6.07) is 2.18. The normalized spacial score (nSPS) is 18.5. The van der Waals surface area contributed by atoms with Gasteiger partial charge in [-0.05, 0) is 16.9 Å². The molecule has 0 saturated carbocycles. The first kappa shape index (κ1) is 23.6. The van der Waals surface area contributed by atoms with Crippen LogP contribution in [0.15, 0.2) is 22.7 Å². The molecule has 0 atom stereocenters. The van der Waals surface area contributed by atoms with Crippen LogP contribution in [0.4, 0.5) is 30.8 Å². The number of pyridine rings is 1. The molecule has 0 aromatic carbocycles. The zero-order valence-electron chi connectivity index (χ0n) is 17.3. The van der Waals surface area contributed by atoms with Gasteiger partial charge in [-0.3, -0.25) is 0 Å². The fraction of sp³-hybridized carbons (Fsp3) is 0.500. The van der Waals surface area contributed by atoms with E-state index >= 15 is 0 Å². The molecule has 15 heteroatoms. The first-order chi connectivity index (χ1) is 15.8. The minimum Gasteiger partial charge on any atom is -0.416 e. The molecule has 2 aromatic heterocycles. The zero-order valence-corrected chi connectivity index (χ0v) is 18.1. The van der Waals surface area contributed by atoms with E-state index in [1.807, 2.05) is 9.80 Å². The summed E-state index contributed by atoms with van der Waals surface area (Å²) >= 11 is 0. The summed E-state index contributed by atoms with van der Waals surface area (Å²) in [6.07, 6.45) is -3.76. The number of nitrogens with two attached hydrogens (primary N) is 1. The van der Waals surface area contributed by atoms with E-state index in [0.717, 1.165) is 6.20 Å². The highest BCUT2D eigenvalue weighted by Gasteiger charge is 2.35. The molecule has 0 spiro atoms. The third-order valence-corrected chi connectivity index (χ3v) is 5.55. The van der Waals surface area contributed by atoms with E-state index in [1.165, 1.54) is 6.07 Å². The summed E-state index contributed by atoms with van der Waals surface area (Å²) < 4.78 is 71.3. The Hall–Kier alpha value is -2.59. The minimum atomic E-state index is -4.75. The number of aromatic nitrogens is 3. The highest BCUT2D eigenvalue weighted by atomic mass is 32.2. The Morgan fingerprint density at radius 1 is 1.03 bits per heavy atom. The number of anilines is 2. The van der Waals surface area contributed by atoms with E-state index in [2.05, 4.69) is 23.6 Å². The van der Waals surface area contributed by atoms with Crippen molar-refractivity contribution < 1.29 is 31.1 Å². The van der Waals surface area contributed by atoms with Crippen LogP contribution in [0.5, 0.6) is 0 Å². The van der Waals surface area contributed by atoms with Crippen LogP contribution < -0.4 is 15.7 Å². The highest BCUT2D eigenvalue weighted by molar-refractivity contribution is 7.69. The van der Waals surface area contributed by atoms with E-state index in [1.54, 1.807) is 0 Å². The van der Waals surface area contributed by atoms with Gasteiger partial charge in [0.1, 0.15) is 11.6 Å². The van der Waals surface area contributed by atoms with Crippen LogP contribution >= 0.6 is 0 Å². The molecule has 2 saturated heterocycles. The topological polar surface area (TPSA) is 128 Å². The average molecular weight is 488 g/mol. The smallest absolute Gasteiger partial charge is 0.416 e. The molecule has 4 rings (SSSR count). The van der Waals surface area contributed by atoms with Crippen LogP contribution in [0, 0.1) is 0 Å². The molecule has 2 aromatic rings. The molecule has 2 aliphatic heterocycles. The minimum absolute atomic E-state index is 0.0514. The zero-order chi connectivity index (χ0) is 23.4. The van der Waals surface area contributed by atoms with E-state index in [9.17, 15) is 17.4 Å². The second-order valence-corrected chi connectivity index (χ2v) is 7.91. The summed E-state index contributed by atoms with van der Waals surface area (Å²) in [6.45, 7) is 4.02. The van der Waals surface area contributed by atoms with Gasteiger partial charge in [-0.1, -0.05) is 0 Å². The largest absolute Gasteiger partial charge is 0.417 e. The van der Waals surface area contributed by atoms with Crippen molar-refractivity contribution >= 4 is 28.5 Å². The van der Waals surface area contributed by atoms with Gasteiger partial charge in [0.25, 0.3) is 0 Å². The van der Waals surface area contributed by atoms with Crippen molar-refractivity contribution in [3.63, 3.8) is 0 Å². The Kier molecular flexibility index (Phi) is 7.23. The summed E-state index contributed by atoms with van der Waals surface area (Å²) in [5.41, 5.74) is -1.24. The van der Waals surface area contributed by atoms with E-state index in [-0.39, 0.29) is 11.3 Å². The van der Waals surface area contributed by atoms with E-state index in [4.69, 9.17) is 15.4 Å². The highest BCUT2D eigenvalue weighted by Crippen LogP contribution is 2.39. The molecule has 33 heavy (non-hydrogen) atoms. The molecule has 0 amide bonds. The number of ether oxygens (including phenoxy) is 2.